The minimum atomic E-state index is -0.364. The van der Waals surface area contributed by atoms with Crippen molar-refractivity contribution in [3.8, 4) is 0 Å². The maximum atomic E-state index is 12.3. The third kappa shape index (κ3) is 2.16. The summed E-state index contributed by atoms with van der Waals surface area (Å²) in [5.74, 6) is 0.127. The van der Waals surface area contributed by atoms with E-state index in [1.807, 2.05) is 52.1 Å². The van der Waals surface area contributed by atoms with Gasteiger partial charge in [0.05, 0.1) is 0 Å². The lowest BCUT2D eigenvalue weighted by molar-refractivity contribution is 0.0765. The highest BCUT2D eigenvalue weighted by Gasteiger charge is 2.24. The molecule has 2 nitrogen and oxygen atoms in total. The Balaban J connectivity index is 2.64. The summed E-state index contributed by atoms with van der Waals surface area (Å²) < 4.78 is 2.79. The van der Waals surface area contributed by atoms with Crippen molar-refractivity contribution in [2.24, 2.45) is 5.41 Å². The van der Waals surface area contributed by atoms with Crippen LogP contribution in [-0.2, 0) is 0 Å². The first-order valence-corrected chi connectivity index (χ1v) is 6.42. The standard InChI is InChI=1S/C14H16BrNO/c1-9-12-6-5-11(15)7-10(12)8-16(9)13(17)14(2,3)4/h5-8H,1-4H3. The largest absolute Gasteiger partial charge is 0.290 e. The van der Waals surface area contributed by atoms with Crippen molar-refractivity contribution in [3.63, 3.8) is 0 Å². The summed E-state index contributed by atoms with van der Waals surface area (Å²) in [6.45, 7) is 7.81. The Bertz CT molecular complexity index is 590. The smallest absolute Gasteiger partial charge is 0.236 e. The molecule has 0 spiro atoms. The maximum absolute atomic E-state index is 12.3. The Kier molecular flexibility index (Phi) is 2.90. The van der Waals surface area contributed by atoms with E-state index < -0.39 is 0 Å². The molecule has 2 rings (SSSR count). The Hall–Kier alpha value is -1.09. The molecule has 17 heavy (non-hydrogen) atoms. The highest BCUT2D eigenvalue weighted by Crippen LogP contribution is 2.27. The molecule has 0 saturated heterocycles. The summed E-state index contributed by atoms with van der Waals surface area (Å²) in [5, 5.41) is 2.22. The monoisotopic (exact) mass is 293 g/mol. The predicted molar refractivity (Wildman–Crippen MR) is 74.5 cm³/mol. The Morgan fingerprint density at radius 3 is 2.53 bits per heavy atom. The zero-order chi connectivity index (χ0) is 12.8. The Morgan fingerprint density at radius 2 is 1.94 bits per heavy atom. The van der Waals surface area contributed by atoms with Crippen LogP contribution in [0.3, 0.4) is 0 Å². The third-order valence-electron chi connectivity index (χ3n) is 2.89. The van der Waals surface area contributed by atoms with Crippen LogP contribution < -0.4 is 0 Å². The molecule has 0 N–H and O–H groups in total. The fraction of sp³-hybridized carbons (Fsp3) is 0.357. The normalized spacial score (nSPS) is 12.1. The van der Waals surface area contributed by atoms with Crippen molar-refractivity contribution in [3.05, 3.63) is 34.6 Å². The van der Waals surface area contributed by atoms with Gasteiger partial charge in [0.2, 0.25) is 5.91 Å². The van der Waals surface area contributed by atoms with Crippen LogP contribution in [0.25, 0.3) is 10.8 Å². The molecule has 0 aliphatic heterocycles. The molecule has 0 saturated carbocycles. The van der Waals surface area contributed by atoms with Crippen molar-refractivity contribution < 1.29 is 4.79 Å². The van der Waals surface area contributed by atoms with Crippen molar-refractivity contribution in [1.29, 1.82) is 0 Å². The minimum absolute atomic E-state index is 0.127. The van der Waals surface area contributed by atoms with Gasteiger partial charge in [0.25, 0.3) is 0 Å². The molecule has 0 amide bonds. The van der Waals surface area contributed by atoms with Crippen LogP contribution in [0.4, 0.5) is 0 Å². The predicted octanol–water partition coefficient (Wildman–Crippen LogP) is 4.40. The van der Waals surface area contributed by atoms with E-state index in [0.717, 1.165) is 20.9 Å². The molecular weight excluding hydrogens is 278 g/mol. The van der Waals surface area contributed by atoms with Crippen LogP contribution in [0.2, 0.25) is 0 Å². The molecule has 0 aliphatic rings. The van der Waals surface area contributed by atoms with Crippen molar-refractivity contribution in [1.82, 2.24) is 4.57 Å². The SMILES string of the molecule is Cc1c2ccc(Br)cc2cn1C(=O)C(C)(C)C. The lowest BCUT2D eigenvalue weighted by atomic mass is 9.95. The molecular formula is C14H16BrNO. The number of rotatable bonds is 0. The van der Waals surface area contributed by atoms with Crippen molar-refractivity contribution in [2.75, 3.05) is 0 Å². The second-order valence-corrected chi connectivity index (χ2v) is 6.29. The van der Waals surface area contributed by atoms with Gasteiger partial charge in [-0.3, -0.25) is 9.36 Å². The zero-order valence-corrected chi connectivity index (χ0v) is 12.1. The van der Waals surface area contributed by atoms with Gasteiger partial charge >= 0.3 is 0 Å². The van der Waals surface area contributed by atoms with Crippen LogP contribution in [0.15, 0.2) is 28.9 Å². The first-order valence-electron chi connectivity index (χ1n) is 5.63. The average Bonchev–Trinajstić information content (AvgIpc) is 2.53. The number of fused-ring (bicyclic) bond motifs is 1. The third-order valence-corrected chi connectivity index (χ3v) is 3.39. The van der Waals surface area contributed by atoms with E-state index in [2.05, 4.69) is 15.9 Å². The van der Waals surface area contributed by atoms with Gasteiger partial charge in [0.15, 0.2) is 0 Å². The number of carbonyl (C=O) groups excluding carboxylic acids is 1. The Morgan fingerprint density at radius 1 is 1.29 bits per heavy atom. The van der Waals surface area contributed by atoms with Gasteiger partial charge in [-0.2, -0.15) is 0 Å². The first kappa shape index (κ1) is 12.4. The number of hydrogen-bond donors (Lipinski definition) is 0. The first-order chi connectivity index (χ1) is 7.80. The van der Waals surface area contributed by atoms with Crippen molar-refractivity contribution in [2.45, 2.75) is 27.7 Å². The molecule has 0 unspecified atom stereocenters. The van der Waals surface area contributed by atoms with Crippen LogP contribution >= 0.6 is 15.9 Å². The van der Waals surface area contributed by atoms with Gasteiger partial charge in [-0.05, 0) is 19.1 Å². The van der Waals surface area contributed by atoms with Crippen LogP contribution in [0.5, 0.6) is 0 Å². The quantitative estimate of drug-likeness (QED) is 0.706. The molecule has 0 aliphatic carbocycles. The van der Waals surface area contributed by atoms with Crippen LogP contribution in [0, 0.1) is 12.3 Å². The zero-order valence-electron chi connectivity index (χ0n) is 10.5. The second kappa shape index (κ2) is 3.98. The highest BCUT2D eigenvalue weighted by molar-refractivity contribution is 9.10. The minimum Gasteiger partial charge on any atom is -0.290 e. The van der Waals surface area contributed by atoms with Crippen LogP contribution in [-0.4, -0.2) is 10.5 Å². The van der Waals surface area contributed by atoms with Gasteiger partial charge in [0, 0.05) is 32.6 Å². The summed E-state index contributed by atoms with van der Waals surface area (Å²) in [4.78, 5) is 12.3. The molecule has 1 aromatic carbocycles. The van der Waals surface area contributed by atoms with Gasteiger partial charge in [-0.25, -0.2) is 0 Å². The average molecular weight is 294 g/mol. The van der Waals surface area contributed by atoms with E-state index in [0.29, 0.717) is 0 Å². The lowest BCUT2D eigenvalue weighted by Crippen LogP contribution is -2.26. The summed E-state index contributed by atoms with van der Waals surface area (Å²) in [7, 11) is 0. The number of benzene rings is 1. The van der Waals surface area contributed by atoms with E-state index in [4.69, 9.17) is 0 Å². The number of hydrogen-bond acceptors (Lipinski definition) is 1. The molecule has 0 fully saturated rings. The summed E-state index contributed by atoms with van der Waals surface area (Å²) >= 11 is 3.45. The maximum Gasteiger partial charge on any atom is 0.236 e. The number of halogens is 1. The van der Waals surface area contributed by atoms with Gasteiger partial charge in [-0.1, -0.05) is 42.8 Å². The molecule has 90 valence electrons. The summed E-state index contributed by atoms with van der Waals surface area (Å²) in [6.07, 6.45) is 1.92. The molecule has 1 heterocycles. The summed E-state index contributed by atoms with van der Waals surface area (Å²) in [5.41, 5.74) is 0.643. The highest BCUT2D eigenvalue weighted by atomic mass is 79.9. The van der Waals surface area contributed by atoms with Gasteiger partial charge in [-0.15, -0.1) is 0 Å². The number of aromatic nitrogens is 1. The van der Waals surface area contributed by atoms with E-state index >= 15 is 0 Å². The topological polar surface area (TPSA) is 22.0 Å². The van der Waals surface area contributed by atoms with Gasteiger partial charge < -0.3 is 0 Å². The van der Waals surface area contributed by atoms with Crippen molar-refractivity contribution >= 4 is 32.6 Å². The fourth-order valence-electron chi connectivity index (χ4n) is 1.91. The molecule has 0 atom stereocenters. The van der Waals surface area contributed by atoms with E-state index in [1.165, 1.54) is 0 Å². The van der Waals surface area contributed by atoms with E-state index in [9.17, 15) is 4.79 Å². The number of carbonyl (C=O) groups is 1. The molecule has 3 heteroatoms. The molecule has 0 bridgehead atoms. The molecule has 0 radical (unpaired) electrons. The second-order valence-electron chi connectivity index (χ2n) is 5.37. The van der Waals surface area contributed by atoms with E-state index in [-0.39, 0.29) is 11.3 Å². The fourth-order valence-corrected chi connectivity index (χ4v) is 2.29. The number of nitrogens with zero attached hydrogens (tertiary/aromatic N) is 1. The van der Waals surface area contributed by atoms with E-state index in [1.54, 1.807) is 4.57 Å². The number of aryl methyl sites for hydroxylation is 1. The Labute approximate surface area is 110 Å². The summed E-state index contributed by atoms with van der Waals surface area (Å²) in [6, 6.07) is 6.08. The van der Waals surface area contributed by atoms with Crippen LogP contribution in [0.1, 0.15) is 31.3 Å². The molecule has 2 aromatic rings. The van der Waals surface area contributed by atoms with Gasteiger partial charge in [0.1, 0.15) is 0 Å². The lowest BCUT2D eigenvalue weighted by Gasteiger charge is -2.18. The molecule has 1 aromatic heterocycles.